The third-order valence-electron chi connectivity index (χ3n) is 3.94. The van der Waals surface area contributed by atoms with Gasteiger partial charge in [-0.15, -0.1) is 11.3 Å². The second kappa shape index (κ2) is 12.4. The first-order chi connectivity index (χ1) is 14.5. The highest BCUT2D eigenvalue weighted by molar-refractivity contribution is 7.19. The van der Waals surface area contributed by atoms with Crippen LogP contribution in [0.3, 0.4) is 0 Å². The number of nitrogens with zero attached hydrogens (tertiary/aromatic N) is 3. The summed E-state index contributed by atoms with van der Waals surface area (Å²) in [6.45, 7) is 2.07. The van der Waals surface area contributed by atoms with Gasteiger partial charge in [0.15, 0.2) is 0 Å². The minimum absolute atomic E-state index is 0.967. The number of rotatable bonds is 5. The van der Waals surface area contributed by atoms with Gasteiger partial charge in [0.1, 0.15) is 17.0 Å². The SMILES string of the molecule is CN(C)CCCNc1ncnc2sc3c(c12)CCC3.O=C(O)C(=O)O.O=C(O)C(=O)O. The highest BCUT2D eigenvalue weighted by atomic mass is 32.1. The van der Waals surface area contributed by atoms with Crippen molar-refractivity contribution < 1.29 is 39.6 Å². The number of nitrogens with one attached hydrogen (secondary N) is 1. The lowest BCUT2D eigenvalue weighted by molar-refractivity contribution is -0.159. The number of thiophene rings is 1. The Morgan fingerprint density at radius 3 is 2.10 bits per heavy atom. The van der Waals surface area contributed by atoms with E-state index in [1.165, 1.54) is 35.1 Å². The molecule has 2 aromatic heterocycles. The first kappa shape index (κ1) is 25.7. The Balaban J connectivity index is 0.000000333. The van der Waals surface area contributed by atoms with Crippen molar-refractivity contribution in [2.75, 3.05) is 32.5 Å². The Morgan fingerprint density at radius 2 is 1.58 bits per heavy atom. The van der Waals surface area contributed by atoms with Crippen molar-refractivity contribution in [1.29, 1.82) is 0 Å². The van der Waals surface area contributed by atoms with E-state index in [0.717, 1.165) is 30.2 Å². The fourth-order valence-electron chi connectivity index (χ4n) is 2.66. The molecule has 170 valence electrons. The third kappa shape index (κ3) is 8.52. The molecule has 12 nitrogen and oxygen atoms in total. The summed E-state index contributed by atoms with van der Waals surface area (Å²) in [7, 11) is 4.21. The molecule has 0 saturated heterocycles. The average molecular weight is 456 g/mol. The number of fused-ring (bicyclic) bond motifs is 3. The van der Waals surface area contributed by atoms with E-state index in [4.69, 9.17) is 39.6 Å². The van der Waals surface area contributed by atoms with Gasteiger partial charge < -0.3 is 30.6 Å². The molecule has 0 saturated carbocycles. The van der Waals surface area contributed by atoms with E-state index in [-0.39, 0.29) is 0 Å². The molecule has 2 aromatic rings. The van der Waals surface area contributed by atoms with E-state index in [0.29, 0.717) is 0 Å². The zero-order valence-corrected chi connectivity index (χ0v) is 17.8. The number of aliphatic carboxylic acids is 4. The summed E-state index contributed by atoms with van der Waals surface area (Å²) >= 11 is 1.85. The third-order valence-corrected chi connectivity index (χ3v) is 5.14. The number of carbonyl (C=O) groups is 4. The summed E-state index contributed by atoms with van der Waals surface area (Å²) in [6.07, 6.45) is 6.50. The molecule has 5 N–H and O–H groups in total. The van der Waals surface area contributed by atoms with Crippen LogP contribution in [0.4, 0.5) is 5.82 Å². The summed E-state index contributed by atoms with van der Waals surface area (Å²) in [5.74, 6) is -6.27. The first-order valence-corrected chi connectivity index (χ1v) is 9.92. The van der Waals surface area contributed by atoms with Gasteiger partial charge in [-0.05, 0) is 51.9 Å². The van der Waals surface area contributed by atoms with Crippen molar-refractivity contribution in [2.45, 2.75) is 25.7 Å². The molecule has 13 heteroatoms. The van der Waals surface area contributed by atoms with Gasteiger partial charge in [0.25, 0.3) is 0 Å². The minimum atomic E-state index is -1.82. The maximum absolute atomic E-state index is 9.10. The van der Waals surface area contributed by atoms with Gasteiger partial charge in [0.05, 0.1) is 5.39 Å². The molecule has 0 radical (unpaired) electrons. The van der Waals surface area contributed by atoms with Crippen molar-refractivity contribution in [3.8, 4) is 0 Å². The Kier molecular flexibility index (Phi) is 10.3. The van der Waals surface area contributed by atoms with E-state index in [2.05, 4.69) is 34.3 Å². The molecule has 31 heavy (non-hydrogen) atoms. The van der Waals surface area contributed by atoms with E-state index in [1.807, 2.05) is 11.3 Å². The first-order valence-electron chi connectivity index (χ1n) is 9.10. The predicted molar refractivity (Wildman–Crippen MR) is 112 cm³/mol. The number of hydrogen-bond donors (Lipinski definition) is 5. The van der Waals surface area contributed by atoms with Crippen molar-refractivity contribution in [3.05, 3.63) is 16.8 Å². The van der Waals surface area contributed by atoms with Crippen LogP contribution < -0.4 is 5.32 Å². The van der Waals surface area contributed by atoms with Crippen molar-refractivity contribution in [2.24, 2.45) is 0 Å². The topological polar surface area (TPSA) is 190 Å². The monoisotopic (exact) mass is 456 g/mol. The van der Waals surface area contributed by atoms with Gasteiger partial charge in [-0.1, -0.05) is 0 Å². The van der Waals surface area contributed by atoms with Gasteiger partial charge >= 0.3 is 23.9 Å². The summed E-state index contributed by atoms with van der Waals surface area (Å²) in [5.41, 5.74) is 1.50. The fourth-order valence-corrected chi connectivity index (χ4v) is 3.89. The lowest BCUT2D eigenvalue weighted by atomic mass is 10.2. The minimum Gasteiger partial charge on any atom is -0.473 e. The summed E-state index contributed by atoms with van der Waals surface area (Å²) in [4.78, 5) is 50.1. The van der Waals surface area contributed by atoms with Crippen molar-refractivity contribution in [1.82, 2.24) is 14.9 Å². The summed E-state index contributed by atoms with van der Waals surface area (Å²) in [5, 5.41) is 34.3. The van der Waals surface area contributed by atoms with Gasteiger partial charge in [0.2, 0.25) is 0 Å². The van der Waals surface area contributed by atoms with Gasteiger partial charge in [-0.3, -0.25) is 0 Å². The van der Waals surface area contributed by atoms with Gasteiger partial charge in [-0.25, -0.2) is 29.1 Å². The number of aryl methyl sites for hydroxylation is 2. The molecule has 0 unspecified atom stereocenters. The molecular weight excluding hydrogens is 432 g/mol. The highest BCUT2D eigenvalue weighted by Gasteiger charge is 2.20. The van der Waals surface area contributed by atoms with Crippen LogP contribution in [0, 0.1) is 0 Å². The van der Waals surface area contributed by atoms with E-state index in [1.54, 1.807) is 6.33 Å². The molecule has 1 aliphatic rings. The molecule has 0 spiro atoms. The molecule has 0 aromatic carbocycles. The van der Waals surface area contributed by atoms with Crippen LogP contribution in [0.15, 0.2) is 6.33 Å². The number of anilines is 1. The lowest BCUT2D eigenvalue weighted by Gasteiger charge is -2.11. The number of carboxylic acids is 4. The maximum Gasteiger partial charge on any atom is 0.414 e. The zero-order chi connectivity index (χ0) is 23.6. The van der Waals surface area contributed by atoms with E-state index in [9.17, 15) is 0 Å². The molecule has 1 aliphatic carbocycles. The zero-order valence-electron chi connectivity index (χ0n) is 17.0. The Hall–Kier alpha value is -3.32. The van der Waals surface area contributed by atoms with Crippen LogP contribution in [0.5, 0.6) is 0 Å². The summed E-state index contributed by atoms with van der Waals surface area (Å²) < 4.78 is 0. The van der Waals surface area contributed by atoms with Crippen molar-refractivity contribution in [3.63, 3.8) is 0 Å². The van der Waals surface area contributed by atoms with Crippen LogP contribution >= 0.6 is 11.3 Å². The second-order valence-corrected chi connectivity index (χ2v) is 7.65. The smallest absolute Gasteiger partial charge is 0.414 e. The van der Waals surface area contributed by atoms with Gasteiger partial charge in [-0.2, -0.15) is 0 Å². The second-order valence-electron chi connectivity index (χ2n) is 6.56. The highest BCUT2D eigenvalue weighted by Crippen LogP contribution is 2.38. The molecule has 2 heterocycles. The molecule has 0 bridgehead atoms. The van der Waals surface area contributed by atoms with Crippen LogP contribution in [0.2, 0.25) is 0 Å². The van der Waals surface area contributed by atoms with Crippen molar-refractivity contribution >= 4 is 51.2 Å². The van der Waals surface area contributed by atoms with Crippen LogP contribution in [0.25, 0.3) is 10.2 Å². The van der Waals surface area contributed by atoms with Gasteiger partial charge in [0, 0.05) is 11.4 Å². The molecule has 0 aliphatic heterocycles. The standard InChI is InChI=1S/C14H20N4S.2C2H2O4/c1-18(2)8-4-7-15-13-12-10-5-3-6-11(10)19-14(12)17-9-16-13;2*3-1(4)2(5)6/h9H,3-8H2,1-2H3,(H,15,16,17);2*(H,3,4)(H,5,6). The number of hydrogen-bond acceptors (Lipinski definition) is 9. The predicted octanol–water partition coefficient (Wildman–Crippen LogP) is 0.855. The van der Waals surface area contributed by atoms with Crippen LogP contribution in [0.1, 0.15) is 23.3 Å². The average Bonchev–Trinajstić information content (AvgIpc) is 3.27. The van der Waals surface area contributed by atoms with E-state index >= 15 is 0 Å². The largest absolute Gasteiger partial charge is 0.473 e. The fraction of sp³-hybridized carbons (Fsp3) is 0.444. The van der Waals surface area contributed by atoms with Crippen LogP contribution in [-0.2, 0) is 32.0 Å². The number of carboxylic acid groups (broad SMARTS) is 4. The van der Waals surface area contributed by atoms with Crippen LogP contribution in [-0.4, -0.2) is 86.4 Å². The Bertz CT molecular complexity index is 896. The maximum atomic E-state index is 9.10. The summed E-state index contributed by atoms with van der Waals surface area (Å²) in [6, 6.07) is 0. The molecule has 0 amide bonds. The number of aromatic nitrogens is 2. The quantitative estimate of drug-likeness (QED) is 0.315. The molecule has 3 rings (SSSR count). The molecule has 0 atom stereocenters. The Labute approximate surface area is 181 Å². The Morgan fingerprint density at radius 1 is 1.00 bits per heavy atom. The molecular formula is C18H24N4O8S. The molecule has 0 fully saturated rings. The normalized spacial score (nSPS) is 11.6. The lowest BCUT2D eigenvalue weighted by Crippen LogP contribution is -2.16. The van der Waals surface area contributed by atoms with E-state index < -0.39 is 23.9 Å².